The van der Waals surface area contributed by atoms with Gasteiger partial charge in [-0.1, -0.05) is 41.7 Å². The van der Waals surface area contributed by atoms with E-state index in [4.69, 9.17) is 15.1 Å². The Labute approximate surface area is 169 Å². The molecule has 0 saturated carbocycles. The summed E-state index contributed by atoms with van der Waals surface area (Å²) >= 11 is 1.40. The van der Waals surface area contributed by atoms with Crippen LogP contribution in [0.5, 0.6) is 0 Å². The standard InChI is InChI=1S/C20H16N6O2S/c1-26-15(20-25-14-17(21)22-10-23-19(14)29-20)13(11-6-3-2-4-7-11)24-18(26)16(27)12-8-5-9-28-12/h2-10,16,27H,1H3,(H2,21,22,23). The minimum atomic E-state index is -1.01. The highest BCUT2D eigenvalue weighted by molar-refractivity contribution is 7.21. The second-order valence-electron chi connectivity index (χ2n) is 6.44. The normalized spacial score (nSPS) is 12.5. The van der Waals surface area contributed by atoms with Crippen LogP contribution in [-0.4, -0.2) is 29.6 Å². The van der Waals surface area contributed by atoms with Crippen molar-refractivity contribution in [3.8, 4) is 22.0 Å². The summed E-state index contributed by atoms with van der Waals surface area (Å²) in [5.74, 6) is 1.20. The molecule has 0 aliphatic carbocycles. The summed E-state index contributed by atoms with van der Waals surface area (Å²) in [5, 5.41) is 11.5. The first-order valence-electron chi connectivity index (χ1n) is 8.84. The van der Waals surface area contributed by atoms with Gasteiger partial charge in [0, 0.05) is 12.6 Å². The van der Waals surface area contributed by atoms with Crippen molar-refractivity contribution >= 4 is 27.5 Å². The van der Waals surface area contributed by atoms with Crippen LogP contribution in [0.15, 0.2) is 59.5 Å². The second-order valence-corrected chi connectivity index (χ2v) is 7.42. The van der Waals surface area contributed by atoms with E-state index in [0.29, 0.717) is 38.5 Å². The molecular weight excluding hydrogens is 388 g/mol. The number of hydrogen-bond donors (Lipinski definition) is 2. The van der Waals surface area contributed by atoms with E-state index >= 15 is 0 Å². The summed E-state index contributed by atoms with van der Waals surface area (Å²) in [6.07, 6.45) is 1.94. The first-order valence-corrected chi connectivity index (χ1v) is 9.66. The lowest BCUT2D eigenvalue weighted by molar-refractivity contribution is 0.177. The molecule has 0 radical (unpaired) electrons. The molecule has 4 aromatic heterocycles. The molecule has 0 spiro atoms. The Hall–Kier alpha value is -3.56. The number of rotatable bonds is 4. The van der Waals surface area contributed by atoms with Gasteiger partial charge in [0.2, 0.25) is 0 Å². The third-order valence-corrected chi connectivity index (χ3v) is 5.63. The van der Waals surface area contributed by atoms with Crippen LogP contribution >= 0.6 is 11.3 Å². The monoisotopic (exact) mass is 404 g/mol. The van der Waals surface area contributed by atoms with Gasteiger partial charge in [0.25, 0.3) is 0 Å². The van der Waals surface area contributed by atoms with Gasteiger partial charge in [-0.2, -0.15) is 0 Å². The number of imidazole rings is 1. The van der Waals surface area contributed by atoms with Crippen molar-refractivity contribution in [1.29, 1.82) is 0 Å². The number of thiazole rings is 1. The first-order chi connectivity index (χ1) is 14.1. The molecule has 8 nitrogen and oxygen atoms in total. The van der Waals surface area contributed by atoms with Gasteiger partial charge in [0.05, 0.1) is 12.0 Å². The summed E-state index contributed by atoms with van der Waals surface area (Å²) in [6, 6.07) is 13.2. The Morgan fingerprint density at radius 2 is 1.93 bits per heavy atom. The molecule has 1 atom stereocenters. The number of nitrogen functional groups attached to an aromatic ring is 1. The molecule has 0 amide bonds. The van der Waals surface area contributed by atoms with Crippen molar-refractivity contribution < 1.29 is 9.52 Å². The summed E-state index contributed by atoms with van der Waals surface area (Å²) in [5.41, 5.74) is 8.91. The first kappa shape index (κ1) is 17.5. The van der Waals surface area contributed by atoms with Gasteiger partial charge in [-0.05, 0) is 12.1 Å². The van der Waals surface area contributed by atoms with E-state index in [9.17, 15) is 5.11 Å². The van der Waals surface area contributed by atoms with Crippen LogP contribution in [-0.2, 0) is 7.05 Å². The van der Waals surface area contributed by atoms with Gasteiger partial charge < -0.3 is 19.8 Å². The van der Waals surface area contributed by atoms with Gasteiger partial charge in [-0.25, -0.2) is 19.9 Å². The van der Waals surface area contributed by atoms with Crippen molar-refractivity contribution in [3.63, 3.8) is 0 Å². The summed E-state index contributed by atoms with van der Waals surface area (Å²) in [4.78, 5) is 18.4. The molecule has 0 aliphatic rings. The van der Waals surface area contributed by atoms with E-state index < -0.39 is 6.10 Å². The summed E-state index contributed by atoms with van der Waals surface area (Å²) < 4.78 is 7.21. The van der Waals surface area contributed by atoms with Crippen LogP contribution in [0.1, 0.15) is 17.7 Å². The molecule has 0 fully saturated rings. The smallest absolute Gasteiger partial charge is 0.169 e. The van der Waals surface area contributed by atoms with Crippen molar-refractivity contribution in [2.75, 3.05) is 5.73 Å². The summed E-state index contributed by atoms with van der Waals surface area (Å²) in [7, 11) is 1.84. The average molecular weight is 404 g/mol. The minimum Gasteiger partial charge on any atom is -0.466 e. The Morgan fingerprint density at radius 3 is 2.66 bits per heavy atom. The van der Waals surface area contributed by atoms with Crippen LogP contribution in [0.4, 0.5) is 5.82 Å². The molecule has 5 rings (SSSR count). The number of aromatic nitrogens is 5. The Morgan fingerprint density at radius 1 is 1.10 bits per heavy atom. The predicted molar refractivity (Wildman–Crippen MR) is 110 cm³/mol. The molecule has 0 bridgehead atoms. The largest absolute Gasteiger partial charge is 0.466 e. The van der Waals surface area contributed by atoms with Crippen LogP contribution < -0.4 is 5.73 Å². The van der Waals surface area contributed by atoms with E-state index in [1.165, 1.54) is 23.9 Å². The maximum absolute atomic E-state index is 10.8. The third kappa shape index (κ3) is 2.87. The molecule has 0 aliphatic heterocycles. The lowest BCUT2D eigenvalue weighted by atomic mass is 10.1. The maximum Gasteiger partial charge on any atom is 0.169 e. The molecule has 29 heavy (non-hydrogen) atoms. The van der Waals surface area contributed by atoms with Crippen molar-refractivity contribution in [3.05, 3.63) is 66.6 Å². The molecular formula is C20H16N6O2S. The topological polar surface area (TPSA) is 116 Å². The number of fused-ring (bicyclic) bond motifs is 1. The van der Waals surface area contributed by atoms with E-state index in [1.807, 2.05) is 41.9 Å². The predicted octanol–water partition coefficient (Wildman–Crippen LogP) is 3.41. The number of nitrogens with two attached hydrogens (primary N) is 1. The molecule has 1 aromatic carbocycles. The number of aliphatic hydroxyl groups is 1. The fourth-order valence-corrected chi connectivity index (χ4v) is 4.25. The Balaban J connectivity index is 1.75. The van der Waals surface area contributed by atoms with Gasteiger partial charge in [0.15, 0.2) is 11.9 Å². The van der Waals surface area contributed by atoms with Gasteiger partial charge in [-0.3, -0.25) is 0 Å². The molecule has 4 heterocycles. The summed E-state index contributed by atoms with van der Waals surface area (Å²) in [6.45, 7) is 0. The SMILES string of the molecule is Cn1c(C(O)c2ccco2)nc(-c2ccccc2)c1-c1nc2c(N)ncnc2s1. The fourth-order valence-electron chi connectivity index (χ4n) is 3.25. The van der Waals surface area contributed by atoms with Crippen molar-refractivity contribution in [2.45, 2.75) is 6.10 Å². The molecule has 3 N–H and O–H groups in total. The van der Waals surface area contributed by atoms with Crippen LogP contribution in [0, 0.1) is 0 Å². The maximum atomic E-state index is 10.8. The van der Waals surface area contributed by atoms with E-state index in [0.717, 1.165) is 11.3 Å². The average Bonchev–Trinajstić information content (AvgIpc) is 3.47. The highest BCUT2D eigenvalue weighted by atomic mass is 32.1. The van der Waals surface area contributed by atoms with E-state index in [2.05, 4.69) is 15.0 Å². The molecule has 5 aromatic rings. The number of aliphatic hydroxyl groups excluding tert-OH is 1. The van der Waals surface area contributed by atoms with Gasteiger partial charge in [0.1, 0.15) is 39.0 Å². The van der Waals surface area contributed by atoms with E-state index in [-0.39, 0.29) is 0 Å². The van der Waals surface area contributed by atoms with Crippen molar-refractivity contribution in [2.24, 2.45) is 7.05 Å². The number of hydrogen-bond acceptors (Lipinski definition) is 8. The Bertz CT molecular complexity index is 1290. The number of furan rings is 1. The zero-order chi connectivity index (χ0) is 20.0. The number of benzene rings is 1. The highest BCUT2D eigenvalue weighted by Crippen LogP contribution is 2.38. The quantitative estimate of drug-likeness (QED) is 0.471. The fraction of sp³-hybridized carbons (Fsp3) is 0.100. The van der Waals surface area contributed by atoms with Crippen molar-refractivity contribution in [1.82, 2.24) is 24.5 Å². The zero-order valence-corrected chi connectivity index (χ0v) is 16.2. The lowest BCUT2D eigenvalue weighted by Gasteiger charge is -2.08. The minimum absolute atomic E-state index is 0.330. The molecule has 1 unspecified atom stereocenters. The Kier molecular flexibility index (Phi) is 4.11. The second kappa shape index (κ2) is 6.80. The highest BCUT2D eigenvalue weighted by Gasteiger charge is 2.26. The number of nitrogens with zero attached hydrogens (tertiary/aromatic N) is 5. The van der Waals surface area contributed by atoms with Gasteiger partial charge >= 0.3 is 0 Å². The molecule has 0 saturated heterocycles. The van der Waals surface area contributed by atoms with Crippen LogP contribution in [0.25, 0.3) is 32.3 Å². The third-order valence-electron chi connectivity index (χ3n) is 4.66. The molecule has 9 heteroatoms. The molecule has 144 valence electrons. The van der Waals surface area contributed by atoms with E-state index in [1.54, 1.807) is 12.1 Å². The van der Waals surface area contributed by atoms with Gasteiger partial charge in [-0.15, -0.1) is 0 Å². The lowest BCUT2D eigenvalue weighted by Crippen LogP contribution is -2.07. The van der Waals surface area contributed by atoms with Crippen LogP contribution in [0.3, 0.4) is 0 Å². The van der Waals surface area contributed by atoms with Crippen LogP contribution in [0.2, 0.25) is 0 Å². The zero-order valence-electron chi connectivity index (χ0n) is 15.4. The number of anilines is 1.